The molecule has 0 fully saturated rings. The van der Waals surface area contributed by atoms with Crippen LogP contribution in [0.15, 0.2) is 35.9 Å². The van der Waals surface area contributed by atoms with Crippen LogP contribution in [0.1, 0.15) is 6.92 Å². The Hall–Kier alpha value is -1.95. The van der Waals surface area contributed by atoms with E-state index in [-0.39, 0.29) is 18.4 Å². The number of carbonyl (C=O) groups excluding carboxylic acids is 2. The van der Waals surface area contributed by atoms with Crippen LogP contribution in [-0.2, 0) is 9.59 Å². The van der Waals surface area contributed by atoms with Crippen molar-refractivity contribution in [2.75, 3.05) is 24.2 Å². The second-order valence-corrected chi connectivity index (χ2v) is 5.02. The molecule has 2 rings (SSSR count). The van der Waals surface area contributed by atoms with E-state index in [0.29, 0.717) is 18.0 Å². The summed E-state index contributed by atoms with van der Waals surface area (Å²) >= 11 is 1.43. The van der Waals surface area contributed by atoms with E-state index in [9.17, 15) is 9.59 Å². The number of anilines is 1. The quantitative estimate of drug-likeness (QED) is 0.902. The van der Waals surface area contributed by atoms with Gasteiger partial charge in [0.1, 0.15) is 12.3 Å². The number of hydrogen-bond acceptors (Lipinski definition) is 4. The molecular weight excluding hydrogens is 276 g/mol. The van der Waals surface area contributed by atoms with Crippen LogP contribution >= 0.6 is 11.8 Å². The molecular formula is C14H16N2O3S. The standard InChI is InChI=1S/C14H16N2O3S/c1-2-19-12-5-3-11(4-6-12)15-13(17)9-16-7-8-20-10-14(16)18/h3-8H,2,9-10H2,1H3,(H,15,17). The Morgan fingerprint density at radius 3 is 2.80 bits per heavy atom. The monoisotopic (exact) mass is 292 g/mol. The molecule has 20 heavy (non-hydrogen) atoms. The third-order valence-electron chi connectivity index (χ3n) is 2.63. The summed E-state index contributed by atoms with van der Waals surface area (Å²) in [5.74, 6) is 0.863. The van der Waals surface area contributed by atoms with E-state index < -0.39 is 0 Å². The van der Waals surface area contributed by atoms with Gasteiger partial charge in [-0.2, -0.15) is 0 Å². The Kier molecular flexibility index (Phi) is 5.06. The van der Waals surface area contributed by atoms with Gasteiger partial charge in [-0.25, -0.2) is 0 Å². The van der Waals surface area contributed by atoms with Gasteiger partial charge < -0.3 is 15.0 Å². The summed E-state index contributed by atoms with van der Waals surface area (Å²) in [6, 6.07) is 7.13. The van der Waals surface area contributed by atoms with Crippen molar-refractivity contribution in [1.82, 2.24) is 4.90 Å². The van der Waals surface area contributed by atoms with Crippen molar-refractivity contribution in [2.45, 2.75) is 6.92 Å². The minimum Gasteiger partial charge on any atom is -0.494 e. The Balaban J connectivity index is 1.89. The Morgan fingerprint density at radius 1 is 1.40 bits per heavy atom. The smallest absolute Gasteiger partial charge is 0.244 e. The number of benzene rings is 1. The lowest BCUT2D eigenvalue weighted by Crippen LogP contribution is -2.36. The van der Waals surface area contributed by atoms with E-state index in [2.05, 4.69) is 5.32 Å². The second kappa shape index (κ2) is 7.00. The number of thioether (sulfide) groups is 1. The zero-order chi connectivity index (χ0) is 14.4. The largest absolute Gasteiger partial charge is 0.494 e. The summed E-state index contributed by atoms with van der Waals surface area (Å²) in [6.07, 6.45) is 1.63. The van der Waals surface area contributed by atoms with Crippen LogP contribution < -0.4 is 10.1 Å². The van der Waals surface area contributed by atoms with Gasteiger partial charge in [-0.15, -0.1) is 11.8 Å². The molecule has 6 heteroatoms. The van der Waals surface area contributed by atoms with Gasteiger partial charge in [-0.05, 0) is 36.6 Å². The van der Waals surface area contributed by atoms with Crippen LogP contribution in [0.2, 0.25) is 0 Å². The van der Waals surface area contributed by atoms with Crippen molar-refractivity contribution in [2.24, 2.45) is 0 Å². The van der Waals surface area contributed by atoms with Crippen molar-refractivity contribution in [1.29, 1.82) is 0 Å². The van der Waals surface area contributed by atoms with E-state index >= 15 is 0 Å². The van der Waals surface area contributed by atoms with Gasteiger partial charge >= 0.3 is 0 Å². The topological polar surface area (TPSA) is 58.6 Å². The van der Waals surface area contributed by atoms with E-state index in [1.54, 1.807) is 30.5 Å². The van der Waals surface area contributed by atoms with Gasteiger partial charge in [0.2, 0.25) is 11.8 Å². The van der Waals surface area contributed by atoms with E-state index in [0.717, 1.165) is 5.75 Å². The molecule has 106 valence electrons. The fraction of sp³-hybridized carbons (Fsp3) is 0.286. The number of ether oxygens (including phenoxy) is 1. The first kappa shape index (κ1) is 14.5. The highest BCUT2D eigenvalue weighted by atomic mass is 32.2. The maximum Gasteiger partial charge on any atom is 0.244 e. The summed E-state index contributed by atoms with van der Waals surface area (Å²) in [6.45, 7) is 2.55. The third-order valence-corrected chi connectivity index (χ3v) is 3.35. The predicted molar refractivity (Wildman–Crippen MR) is 79.6 cm³/mol. The van der Waals surface area contributed by atoms with Gasteiger partial charge in [0.15, 0.2) is 0 Å². The summed E-state index contributed by atoms with van der Waals surface area (Å²) < 4.78 is 5.32. The molecule has 1 aliphatic rings. The Labute approximate surface area is 122 Å². The van der Waals surface area contributed by atoms with Crippen LogP contribution in [0.25, 0.3) is 0 Å². The minimum absolute atomic E-state index is 0.0309. The third kappa shape index (κ3) is 4.03. The molecule has 0 radical (unpaired) electrons. The molecule has 0 bridgehead atoms. The molecule has 0 unspecified atom stereocenters. The lowest BCUT2D eigenvalue weighted by Gasteiger charge is -2.20. The van der Waals surface area contributed by atoms with Crippen molar-refractivity contribution in [3.05, 3.63) is 35.9 Å². The molecule has 0 atom stereocenters. The highest BCUT2D eigenvalue weighted by molar-refractivity contribution is 8.02. The van der Waals surface area contributed by atoms with Crippen molar-refractivity contribution >= 4 is 29.3 Å². The molecule has 1 aromatic rings. The number of amides is 2. The van der Waals surface area contributed by atoms with Crippen LogP contribution in [-0.4, -0.2) is 35.6 Å². The fourth-order valence-corrected chi connectivity index (χ4v) is 2.34. The molecule has 0 aromatic heterocycles. The summed E-state index contributed by atoms with van der Waals surface area (Å²) in [5.41, 5.74) is 0.682. The van der Waals surface area contributed by atoms with E-state index in [1.165, 1.54) is 16.7 Å². The van der Waals surface area contributed by atoms with Crippen molar-refractivity contribution < 1.29 is 14.3 Å². The van der Waals surface area contributed by atoms with Crippen molar-refractivity contribution in [3.63, 3.8) is 0 Å². The molecule has 0 saturated carbocycles. The molecule has 0 saturated heterocycles. The first-order valence-electron chi connectivity index (χ1n) is 6.29. The SMILES string of the molecule is CCOc1ccc(NC(=O)CN2C=CSCC2=O)cc1. The van der Waals surface area contributed by atoms with Gasteiger partial charge in [0, 0.05) is 11.9 Å². The van der Waals surface area contributed by atoms with Crippen LogP contribution in [0.5, 0.6) is 5.75 Å². The number of hydrogen-bond donors (Lipinski definition) is 1. The van der Waals surface area contributed by atoms with Gasteiger partial charge in [-0.3, -0.25) is 9.59 Å². The number of rotatable bonds is 5. The lowest BCUT2D eigenvalue weighted by molar-refractivity contribution is -0.129. The van der Waals surface area contributed by atoms with Gasteiger partial charge in [0.05, 0.1) is 12.4 Å². The molecule has 5 nitrogen and oxygen atoms in total. The maximum absolute atomic E-state index is 11.9. The van der Waals surface area contributed by atoms with Gasteiger partial charge in [0.25, 0.3) is 0 Å². The number of nitrogens with one attached hydrogen (secondary N) is 1. The van der Waals surface area contributed by atoms with Gasteiger partial charge in [-0.1, -0.05) is 0 Å². The predicted octanol–water partition coefficient (Wildman–Crippen LogP) is 2.07. The average molecular weight is 292 g/mol. The highest BCUT2D eigenvalue weighted by Crippen LogP contribution is 2.16. The lowest BCUT2D eigenvalue weighted by atomic mass is 10.3. The average Bonchev–Trinajstić information content (AvgIpc) is 2.44. The second-order valence-electron chi connectivity index (χ2n) is 4.12. The summed E-state index contributed by atoms with van der Waals surface area (Å²) in [4.78, 5) is 24.8. The van der Waals surface area contributed by atoms with Crippen molar-refractivity contribution in [3.8, 4) is 5.75 Å². The highest BCUT2D eigenvalue weighted by Gasteiger charge is 2.17. The Morgan fingerprint density at radius 2 is 2.15 bits per heavy atom. The maximum atomic E-state index is 11.9. The zero-order valence-electron chi connectivity index (χ0n) is 11.2. The molecule has 0 spiro atoms. The summed E-state index contributed by atoms with van der Waals surface area (Å²) in [5, 5.41) is 4.56. The molecule has 1 heterocycles. The van der Waals surface area contributed by atoms with E-state index in [4.69, 9.17) is 4.74 Å². The zero-order valence-corrected chi connectivity index (χ0v) is 12.0. The first-order chi connectivity index (χ1) is 9.69. The molecule has 0 aliphatic carbocycles. The number of nitrogens with zero attached hydrogens (tertiary/aromatic N) is 1. The van der Waals surface area contributed by atoms with Crippen LogP contribution in [0.4, 0.5) is 5.69 Å². The molecule has 1 aromatic carbocycles. The minimum atomic E-state index is -0.223. The normalized spacial score (nSPS) is 14.2. The van der Waals surface area contributed by atoms with Crippen LogP contribution in [0, 0.1) is 0 Å². The van der Waals surface area contributed by atoms with E-state index in [1.807, 2.05) is 12.3 Å². The molecule has 1 aliphatic heterocycles. The molecule has 2 amide bonds. The number of carbonyl (C=O) groups is 2. The molecule has 1 N–H and O–H groups in total. The Bertz CT molecular complexity index is 514. The van der Waals surface area contributed by atoms with Crippen LogP contribution in [0.3, 0.4) is 0 Å². The first-order valence-corrected chi connectivity index (χ1v) is 7.34. The summed E-state index contributed by atoms with van der Waals surface area (Å²) in [7, 11) is 0. The fourth-order valence-electron chi connectivity index (χ4n) is 1.70.